The van der Waals surface area contributed by atoms with Crippen LogP contribution in [-0.2, 0) is 15.9 Å². The molecule has 0 aromatic heterocycles. The van der Waals surface area contributed by atoms with Crippen molar-refractivity contribution < 1.29 is 28.8 Å². The van der Waals surface area contributed by atoms with Crippen LogP contribution in [0.5, 0.6) is 11.5 Å². The predicted octanol–water partition coefficient (Wildman–Crippen LogP) is 3.35. The van der Waals surface area contributed by atoms with Crippen LogP contribution in [0.15, 0.2) is 18.2 Å². The van der Waals surface area contributed by atoms with Crippen LogP contribution < -0.4 is 14.8 Å². The van der Waals surface area contributed by atoms with E-state index >= 15 is 0 Å². The van der Waals surface area contributed by atoms with Crippen molar-refractivity contribution in [2.24, 2.45) is 11.8 Å². The number of hydrogen-bond donors (Lipinski definition) is 2. The van der Waals surface area contributed by atoms with Gasteiger partial charge in [-0.3, -0.25) is 0 Å². The molecule has 28 heavy (non-hydrogen) atoms. The average molecular weight is 395 g/mol. The number of carbonyl (C=O) groups is 1. The van der Waals surface area contributed by atoms with Crippen LogP contribution in [0.25, 0.3) is 0 Å². The Morgan fingerprint density at radius 1 is 1.29 bits per heavy atom. The fourth-order valence-electron chi connectivity index (χ4n) is 3.32. The molecule has 1 aliphatic heterocycles. The normalized spacial score (nSPS) is 17.8. The van der Waals surface area contributed by atoms with Crippen LogP contribution in [0.3, 0.4) is 0 Å². The van der Waals surface area contributed by atoms with Crippen LogP contribution in [-0.4, -0.2) is 57.4 Å². The highest BCUT2D eigenvalue weighted by Gasteiger charge is 2.36. The quantitative estimate of drug-likeness (QED) is 0.393. The molecular formula is C21H33NO6. The topological polar surface area (TPSA) is 89.6 Å². The Morgan fingerprint density at radius 2 is 2.04 bits per heavy atom. The molecular weight excluding hydrogens is 362 g/mol. The number of methoxy groups -OCH3 is 2. The van der Waals surface area contributed by atoms with E-state index < -0.39 is 6.09 Å². The molecule has 1 heterocycles. The monoisotopic (exact) mass is 395 g/mol. The summed E-state index contributed by atoms with van der Waals surface area (Å²) >= 11 is 0. The molecule has 7 heteroatoms. The molecule has 3 atom stereocenters. The summed E-state index contributed by atoms with van der Waals surface area (Å²) in [6, 6.07) is 5.82. The molecule has 0 radical (unpaired) electrons. The van der Waals surface area contributed by atoms with Crippen LogP contribution in [0.4, 0.5) is 4.79 Å². The van der Waals surface area contributed by atoms with E-state index in [4.69, 9.17) is 24.1 Å². The van der Waals surface area contributed by atoms with Gasteiger partial charge in [0.15, 0.2) is 11.5 Å². The maximum absolute atomic E-state index is 11.1. The highest BCUT2D eigenvalue weighted by Crippen LogP contribution is 2.32. The standard InChI is InChI=1S/C21H33NO6/c1-14(2)16(12-17(20-13-28-20)22-21(23)24)10-15-6-7-18(26-4)19(11-15)27-9-5-8-25-3/h6-7,11,14,16-17,20,22H,5,8-10,12-13H2,1-4H3,(H,23,24)/t16-,17?,20?/m0/s1. The second kappa shape index (κ2) is 11.1. The first kappa shape index (κ1) is 22.3. The molecule has 7 nitrogen and oxygen atoms in total. The summed E-state index contributed by atoms with van der Waals surface area (Å²) in [7, 11) is 3.30. The van der Waals surface area contributed by atoms with Gasteiger partial charge in [-0.1, -0.05) is 19.9 Å². The van der Waals surface area contributed by atoms with Crippen molar-refractivity contribution in [2.45, 2.75) is 45.3 Å². The first-order valence-corrected chi connectivity index (χ1v) is 9.84. The van der Waals surface area contributed by atoms with Crippen molar-refractivity contribution >= 4 is 6.09 Å². The maximum atomic E-state index is 11.1. The molecule has 1 aromatic carbocycles. The minimum Gasteiger partial charge on any atom is -0.493 e. The van der Waals surface area contributed by atoms with Gasteiger partial charge in [-0.15, -0.1) is 0 Å². The minimum absolute atomic E-state index is 0.00658. The highest BCUT2D eigenvalue weighted by atomic mass is 16.6. The Bertz CT molecular complexity index is 617. The van der Waals surface area contributed by atoms with E-state index in [1.54, 1.807) is 14.2 Å². The molecule has 1 amide bonds. The van der Waals surface area contributed by atoms with Gasteiger partial charge in [-0.25, -0.2) is 4.79 Å². The second-order valence-corrected chi connectivity index (χ2v) is 7.55. The van der Waals surface area contributed by atoms with Gasteiger partial charge in [-0.2, -0.15) is 0 Å². The van der Waals surface area contributed by atoms with Gasteiger partial charge in [0, 0.05) is 20.1 Å². The van der Waals surface area contributed by atoms with Crippen LogP contribution >= 0.6 is 0 Å². The summed E-state index contributed by atoms with van der Waals surface area (Å²) < 4.78 is 21.7. The first-order chi connectivity index (χ1) is 13.4. The number of epoxide rings is 1. The van der Waals surface area contributed by atoms with Gasteiger partial charge in [0.05, 0.1) is 26.4 Å². The average Bonchev–Trinajstić information content (AvgIpc) is 3.49. The number of hydrogen-bond acceptors (Lipinski definition) is 5. The Morgan fingerprint density at radius 3 is 2.61 bits per heavy atom. The molecule has 0 saturated carbocycles. The Kier molecular flexibility index (Phi) is 8.86. The summed E-state index contributed by atoms with van der Waals surface area (Å²) in [6.45, 7) is 6.17. The van der Waals surface area contributed by atoms with E-state index in [9.17, 15) is 4.79 Å². The van der Waals surface area contributed by atoms with E-state index in [0.717, 1.165) is 30.6 Å². The molecule has 1 aliphatic rings. The van der Waals surface area contributed by atoms with E-state index in [1.807, 2.05) is 18.2 Å². The van der Waals surface area contributed by atoms with Crippen molar-refractivity contribution in [3.8, 4) is 11.5 Å². The number of rotatable bonds is 13. The van der Waals surface area contributed by atoms with Gasteiger partial charge in [-0.05, 0) is 42.4 Å². The van der Waals surface area contributed by atoms with Gasteiger partial charge >= 0.3 is 6.09 Å². The van der Waals surface area contributed by atoms with Crippen LogP contribution in [0.2, 0.25) is 0 Å². The molecule has 2 N–H and O–H groups in total. The van der Waals surface area contributed by atoms with E-state index in [-0.39, 0.29) is 12.1 Å². The SMILES string of the molecule is COCCCOc1cc(C[C@@H](CC(NC(=O)O)C2CO2)C(C)C)ccc1OC. The molecule has 1 saturated heterocycles. The van der Waals surface area contributed by atoms with Gasteiger partial charge < -0.3 is 29.4 Å². The summed E-state index contributed by atoms with van der Waals surface area (Å²) in [6.07, 6.45) is 1.38. The fourth-order valence-corrected chi connectivity index (χ4v) is 3.32. The van der Waals surface area contributed by atoms with Crippen LogP contribution in [0.1, 0.15) is 32.3 Å². The minimum atomic E-state index is -1.00. The zero-order chi connectivity index (χ0) is 20.5. The molecule has 0 bridgehead atoms. The van der Waals surface area contributed by atoms with Crippen molar-refractivity contribution in [1.29, 1.82) is 0 Å². The van der Waals surface area contributed by atoms with E-state index in [2.05, 4.69) is 19.2 Å². The third-order valence-electron chi connectivity index (χ3n) is 5.09. The lowest BCUT2D eigenvalue weighted by Gasteiger charge is -2.26. The largest absolute Gasteiger partial charge is 0.493 e. The summed E-state index contributed by atoms with van der Waals surface area (Å²) in [5.41, 5.74) is 1.15. The predicted molar refractivity (Wildman–Crippen MR) is 106 cm³/mol. The zero-order valence-corrected chi connectivity index (χ0v) is 17.3. The van der Waals surface area contributed by atoms with Crippen LogP contribution in [0, 0.1) is 11.8 Å². The number of carboxylic acid groups (broad SMARTS) is 1. The lowest BCUT2D eigenvalue weighted by Crippen LogP contribution is -2.40. The maximum Gasteiger partial charge on any atom is 0.404 e. The Hall–Kier alpha value is -1.99. The molecule has 0 aliphatic carbocycles. The fraction of sp³-hybridized carbons (Fsp3) is 0.667. The summed E-state index contributed by atoms with van der Waals surface area (Å²) in [5, 5.41) is 11.7. The third kappa shape index (κ3) is 7.20. The lowest BCUT2D eigenvalue weighted by atomic mass is 9.83. The summed E-state index contributed by atoms with van der Waals surface area (Å²) in [5.74, 6) is 2.16. The first-order valence-electron chi connectivity index (χ1n) is 9.84. The number of amides is 1. The van der Waals surface area contributed by atoms with Gasteiger partial charge in [0.2, 0.25) is 0 Å². The van der Waals surface area contributed by atoms with Crippen molar-refractivity contribution in [1.82, 2.24) is 5.32 Å². The molecule has 158 valence electrons. The number of ether oxygens (including phenoxy) is 4. The second-order valence-electron chi connectivity index (χ2n) is 7.55. The molecule has 2 rings (SSSR count). The lowest BCUT2D eigenvalue weighted by molar-refractivity contribution is 0.170. The van der Waals surface area contributed by atoms with Crippen molar-refractivity contribution in [2.75, 3.05) is 34.0 Å². The molecule has 1 fully saturated rings. The van der Waals surface area contributed by atoms with E-state index in [0.29, 0.717) is 37.4 Å². The number of benzene rings is 1. The molecule has 2 unspecified atom stereocenters. The van der Waals surface area contributed by atoms with Gasteiger partial charge in [0.1, 0.15) is 6.10 Å². The van der Waals surface area contributed by atoms with Crippen molar-refractivity contribution in [3.63, 3.8) is 0 Å². The number of nitrogens with one attached hydrogen (secondary N) is 1. The van der Waals surface area contributed by atoms with E-state index in [1.165, 1.54) is 0 Å². The molecule has 1 aromatic rings. The van der Waals surface area contributed by atoms with Crippen molar-refractivity contribution in [3.05, 3.63) is 23.8 Å². The zero-order valence-electron chi connectivity index (χ0n) is 17.3. The third-order valence-corrected chi connectivity index (χ3v) is 5.09. The Balaban J connectivity index is 2.05. The Labute approximate surface area is 167 Å². The van der Waals surface area contributed by atoms with Gasteiger partial charge in [0.25, 0.3) is 0 Å². The molecule has 0 spiro atoms. The smallest absolute Gasteiger partial charge is 0.404 e. The summed E-state index contributed by atoms with van der Waals surface area (Å²) in [4.78, 5) is 11.1. The highest BCUT2D eigenvalue weighted by molar-refractivity contribution is 5.65.